The van der Waals surface area contributed by atoms with E-state index in [0.717, 1.165) is 15.4 Å². The molecule has 0 atom stereocenters. The molecular formula is C13H13BrNO2. The third-order valence-electron chi connectivity index (χ3n) is 2.18. The van der Waals surface area contributed by atoms with Crippen LogP contribution in [-0.2, 0) is 4.74 Å². The van der Waals surface area contributed by atoms with Gasteiger partial charge in [-0.15, -0.1) is 0 Å². The number of carbonyl (C=O) groups is 1. The third-order valence-corrected chi connectivity index (χ3v) is 2.88. The SMILES string of the molecule is CC(C)(C)OC(=O)n1[c]cc2c(Br)cccc21. The minimum Gasteiger partial charge on any atom is -0.443 e. The summed E-state index contributed by atoms with van der Waals surface area (Å²) in [5.74, 6) is 0. The number of aromatic nitrogens is 1. The van der Waals surface area contributed by atoms with Crippen molar-refractivity contribution < 1.29 is 9.53 Å². The Balaban J connectivity index is 2.43. The molecule has 0 saturated heterocycles. The quantitative estimate of drug-likeness (QED) is 0.736. The topological polar surface area (TPSA) is 31.2 Å². The number of hydrogen-bond donors (Lipinski definition) is 0. The first-order valence-electron chi connectivity index (χ1n) is 5.29. The van der Waals surface area contributed by atoms with Crippen LogP contribution in [0, 0.1) is 6.20 Å². The zero-order valence-corrected chi connectivity index (χ0v) is 11.5. The van der Waals surface area contributed by atoms with Crippen molar-refractivity contribution in [1.29, 1.82) is 0 Å². The number of rotatable bonds is 0. The van der Waals surface area contributed by atoms with E-state index in [1.807, 2.05) is 39.0 Å². The highest BCUT2D eigenvalue weighted by Gasteiger charge is 2.19. The first kappa shape index (κ1) is 12.2. The number of carbonyl (C=O) groups excluding carboxylic acids is 1. The van der Waals surface area contributed by atoms with Crippen molar-refractivity contribution in [1.82, 2.24) is 4.57 Å². The average Bonchev–Trinajstić information content (AvgIpc) is 2.60. The van der Waals surface area contributed by atoms with E-state index in [1.165, 1.54) is 4.57 Å². The van der Waals surface area contributed by atoms with Crippen molar-refractivity contribution in [2.45, 2.75) is 26.4 Å². The number of benzene rings is 1. The number of ether oxygens (including phenoxy) is 1. The molecule has 0 N–H and O–H groups in total. The van der Waals surface area contributed by atoms with Crippen LogP contribution < -0.4 is 0 Å². The summed E-state index contributed by atoms with van der Waals surface area (Å²) in [6, 6.07) is 7.43. The summed E-state index contributed by atoms with van der Waals surface area (Å²) in [6.07, 6.45) is 2.48. The minimum atomic E-state index is -0.506. The molecule has 0 saturated carbocycles. The molecule has 0 aliphatic carbocycles. The first-order valence-corrected chi connectivity index (χ1v) is 6.09. The van der Waals surface area contributed by atoms with E-state index in [9.17, 15) is 4.79 Å². The number of hydrogen-bond acceptors (Lipinski definition) is 2. The zero-order valence-electron chi connectivity index (χ0n) is 9.95. The molecule has 0 aliphatic rings. The number of nitrogens with zero attached hydrogens (tertiary/aromatic N) is 1. The Morgan fingerprint density at radius 1 is 1.41 bits per heavy atom. The van der Waals surface area contributed by atoms with Crippen LogP contribution in [-0.4, -0.2) is 16.3 Å². The molecule has 4 heteroatoms. The van der Waals surface area contributed by atoms with Gasteiger partial charge in [-0.2, -0.15) is 0 Å². The predicted octanol–water partition coefficient (Wildman–Crippen LogP) is 3.99. The molecule has 0 bridgehead atoms. The second-order valence-electron chi connectivity index (χ2n) is 4.76. The first-order chi connectivity index (χ1) is 7.88. The molecule has 2 aromatic rings. The van der Waals surface area contributed by atoms with E-state index < -0.39 is 11.7 Å². The molecule has 17 heavy (non-hydrogen) atoms. The molecule has 2 rings (SSSR count). The van der Waals surface area contributed by atoms with Crippen LogP contribution in [0.5, 0.6) is 0 Å². The van der Waals surface area contributed by atoms with E-state index in [4.69, 9.17) is 4.74 Å². The van der Waals surface area contributed by atoms with E-state index in [2.05, 4.69) is 22.1 Å². The monoisotopic (exact) mass is 294 g/mol. The fraction of sp³-hybridized carbons (Fsp3) is 0.308. The predicted molar refractivity (Wildman–Crippen MR) is 70.1 cm³/mol. The second kappa shape index (κ2) is 4.18. The summed E-state index contributed by atoms with van der Waals surface area (Å²) in [5.41, 5.74) is 0.279. The highest BCUT2D eigenvalue weighted by atomic mass is 79.9. The van der Waals surface area contributed by atoms with Crippen molar-refractivity contribution in [2.75, 3.05) is 0 Å². The van der Waals surface area contributed by atoms with E-state index in [-0.39, 0.29) is 0 Å². The van der Waals surface area contributed by atoms with Crippen molar-refractivity contribution in [3.05, 3.63) is 34.9 Å². The normalized spacial score (nSPS) is 11.8. The maximum absolute atomic E-state index is 11.9. The molecule has 0 aliphatic heterocycles. The summed E-state index contributed by atoms with van der Waals surface area (Å²) in [4.78, 5) is 11.9. The van der Waals surface area contributed by atoms with Crippen LogP contribution in [0.2, 0.25) is 0 Å². The molecule has 0 spiro atoms. The molecule has 1 aromatic heterocycles. The second-order valence-corrected chi connectivity index (χ2v) is 5.62. The van der Waals surface area contributed by atoms with Gasteiger partial charge in [0, 0.05) is 9.86 Å². The molecule has 0 amide bonds. The van der Waals surface area contributed by atoms with Crippen LogP contribution in [0.4, 0.5) is 4.79 Å². The smallest absolute Gasteiger partial charge is 0.419 e. The number of fused-ring (bicyclic) bond motifs is 1. The van der Waals surface area contributed by atoms with E-state index in [1.54, 1.807) is 6.07 Å². The molecule has 0 unspecified atom stereocenters. The van der Waals surface area contributed by atoms with Crippen LogP contribution in [0.25, 0.3) is 10.9 Å². The summed E-state index contributed by atoms with van der Waals surface area (Å²) in [7, 11) is 0. The Kier molecular flexibility index (Phi) is 3.00. The molecule has 1 heterocycles. The largest absolute Gasteiger partial charge is 0.443 e. The Hall–Kier alpha value is -1.29. The van der Waals surface area contributed by atoms with Crippen LogP contribution in [0.1, 0.15) is 20.8 Å². The Bertz CT molecular complexity index is 566. The van der Waals surface area contributed by atoms with Gasteiger partial charge in [0.25, 0.3) is 0 Å². The number of halogens is 1. The fourth-order valence-corrected chi connectivity index (χ4v) is 1.99. The lowest BCUT2D eigenvalue weighted by Gasteiger charge is -2.19. The Morgan fingerprint density at radius 2 is 2.12 bits per heavy atom. The van der Waals surface area contributed by atoms with Gasteiger partial charge in [0.1, 0.15) is 5.60 Å². The van der Waals surface area contributed by atoms with Crippen LogP contribution in [0.3, 0.4) is 0 Å². The lowest BCUT2D eigenvalue weighted by Crippen LogP contribution is -2.26. The van der Waals surface area contributed by atoms with Gasteiger partial charge in [-0.3, -0.25) is 0 Å². The van der Waals surface area contributed by atoms with Gasteiger partial charge in [0.2, 0.25) is 0 Å². The average molecular weight is 295 g/mol. The molecule has 1 radical (unpaired) electrons. The van der Waals surface area contributed by atoms with Crippen LogP contribution >= 0.6 is 15.9 Å². The Morgan fingerprint density at radius 3 is 2.76 bits per heavy atom. The highest BCUT2D eigenvalue weighted by Crippen LogP contribution is 2.25. The fourth-order valence-electron chi connectivity index (χ4n) is 1.52. The summed E-state index contributed by atoms with van der Waals surface area (Å²) < 4.78 is 7.64. The van der Waals surface area contributed by atoms with Gasteiger partial charge < -0.3 is 4.74 Å². The van der Waals surface area contributed by atoms with Crippen LogP contribution in [0.15, 0.2) is 28.7 Å². The molecule has 3 nitrogen and oxygen atoms in total. The highest BCUT2D eigenvalue weighted by molar-refractivity contribution is 9.10. The van der Waals surface area contributed by atoms with Gasteiger partial charge in [-0.25, -0.2) is 9.36 Å². The van der Waals surface area contributed by atoms with Gasteiger partial charge in [-0.1, -0.05) is 22.0 Å². The lowest BCUT2D eigenvalue weighted by molar-refractivity contribution is 0.0543. The van der Waals surface area contributed by atoms with Crippen molar-refractivity contribution in [3.63, 3.8) is 0 Å². The summed E-state index contributed by atoms with van der Waals surface area (Å²) in [6.45, 7) is 5.52. The molecule has 89 valence electrons. The van der Waals surface area contributed by atoms with Gasteiger partial charge in [0.05, 0.1) is 11.7 Å². The standard InChI is InChI=1S/C13H13BrNO2/c1-13(2,3)17-12(16)15-8-7-9-10(14)5-4-6-11(9)15/h4-7H,1-3H3. The minimum absolute atomic E-state index is 0.411. The Labute approximate surface area is 108 Å². The maximum Gasteiger partial charge on any atom is 0.419 e. The molecule has 0 fully saturated rings. The van der Waals surface area contributed by atoms with Crippen molar-refractivity contribution >= 4 is 32.9 Å². The molecule has 1 aromatic carbocycles. The van der Waals surface area contributed by atoms with E-state index >= 15 is 0 Å². The zero-order chi connectivity index (χ0) is 12.6. The van der Waals surface area contributed by atoms with E-state index in [0.29, 0.717) is 0 Å². The maximum atomic E-state index is 11.9. The van der Waals surface area contributed by atoms with Crippen molar-refractivity contribution in [2.24, 2.45) is 0 Å². The van der Waals surface area contributed by atoms with Gasteiger partial charge in [0.15, 0.2) is 0 Å². The van der Waals surface area contributed by atoms with Gasteiger partial charge in [-0.05, 0) is 39.0 Å². The summed E-state index contributed by atoms with van der Waals surface area (Å²) in [5, 5.41) is 0.943. The van der Waals surface area contributed by atoms with Gasteiger partial charge >= 0.3 is 6.09 Å². The summed E-state index contributed by atoms with van der Waals surface area (Å²) >= 11 is 3.44. The van der Waals surface area contributed by atoms with Crippen molar-refractivity contribution in [3.8, 4) is 0 Å². The third kappa shape index (κ3) is 2.52. The molecular weight excluding hydrogens is 282 g/mol. The lowest BCUT2D eigenvalue weighted by atomic mass is 10.2.